The fourth-order valence-electron chi connectivity index (χ4n) is 2.61. The normalized spacial score (nSPS) is 11.9. The van der Waals surface area contributed by atoms with Gasteiger partial charge < -0.3 is 30.6 Å². The number of nitrogen functional groups attached to an aromatic ring is 1. The first-order valence-corrected chi connectivity index (χ1v) is 9.79. The topological polar surface area (TPSA) is 137 Å². The maximum atomic E-state index is 12.8. The predicted octanol–water partition coefficient (Wildman–Crippen LogP) is 3.04. The number of alkyl carbamates (subject to hydrolysis) is 1. The Morgan fingerprint density at radius 3 is 2.43 bits per heavy atom. The van der Waals surface area contributed by atoms with Crippen LogP contribution in [0.1, 0.15) is 63.2 Å². The molecule has 0 aromatic heterocycles. The highest BCUT2D eigenvalue weighted by atomic mass is 16.6. The molecule has 2 amide bonds. The van der Waals surface area contributed by atoms with Gasteiger partial charge in [-0.2, -0.15) is 0 Å². The monoisotopic (exact) mass is 421 g/mol. The number of carbonyl (C=O) groups excluding carboxylic acids is 4. The highest BCUT2D eigenvalue weighted by Gasteiger charge is 2.24. The molecule has 0 bridgehead atoms. The minimum Gasteiger partial charge on any atom is -0.465 e. The zero-order valence-corrected chi connectivity index (χ0v) is 17.9. The molecule has 0 aliphatic carbocycles. The van der Waals surface area contributed by atoms with E-state index in [1.807, 2.05) is 0 Å². The zero-order chi connectivity index (χ0) is 22.7. The second kappa shape index (κ2) is 11.8. The summed E-state index contributed by atoms with van der Waals surface area (Å²) in [5.74, 6) is -1.01. The first-order chi connectivity index (χ1) is 14.1. The van der Waals surface area contributed by atoms with E-state index in [2.05, 4.69) is 15.4 Å². The van der Waals surface area contributed by atoms with Gasteiger partial charge in [0.15, 0.2) is 0 Å². The minimum atomic E-state index is -0.851. The standard InChI is InChI=1S/C21H31N3O6/c1-21(2,3)30-20(28)24-17(9-7-5-6-8-12-25)18(26)23-16-11-10-14(13-15(16)22)19(27)29-4/h10-13,17H,5-9,22H2,1-4H3,(H,23,26)(H,24,28). The smallest absolute Gasteiger partial charge is 0.408 e. The van der Waals surface area contributed by atoms with Crippen LogP contribution in [0.4, 0.5) is 16.2 Å². The molecule has 1 aromatic rings. The van der Waals surface area contributed by atoms with Crippen LogP contribution in [0.15, 0.2) is 18.2 Å². The molecule has 1 aromatic carbocycles. The van der Waals surface area contributed by atoms with Gasteiger partial charge in [0.2, 0.25) is 5.91 Å². The number of amides is 2. The number of rotatable bonds is 10. The van der Waals surface area contributed by atoms with Crippen LogP contribution in [0.5, 0.6) is 0 Å². The van der Waals surface area contributed by atoms with E-state index in [9.17, 15) is 19.2 Å². The molecule has 9 nitrogen and oxygen atoms in total. The lowest BCUT2D eigenvalue weighted by Crippen LogP contribution is -2.45. The largest absolute Gasteiger partial charge is 0.465 e. The van der Waals surface area contributed by atoms with Crippen molar-refractivity contribution >= 4 is 35.6 Å². The lowest BCUT2D eigenvalue weighted by molar-refractivity contribution is -0.118. The number of carbonyl (C=O) groups is 4. The molecule has 0 heterocycles. The van der Waals surface area contributed by atoms with Crippen molar-refractivity contribution in [1.82, 2.24) is 5.32 Å². The molecule has 0 radical (unpaired) electrons. The zero-order valence-electron chi connectivity index (χ0n) is 17.9. The number of ether oxygens (including phenoxy) is 2. The van der Waals surface area contributed by atoms with Crippen molar-refractivity contribution in [2.75, 3.05) is 18.2 Å². The van der Waals surface area contributed by atoms with E-state index in [4.69, 9.17) is 10.5 Å². The molecule has 0 spiro atoms. The van der Waals surface area contributed by atoms with Crippen molar-refractivity contribution in [2.45, 2.75) is 64.5 Å². The van der Waals surface area contributed by atoms with Crippen LogP contribution in [-0.2, 0) is 19.1 Å². The molecule has 1 rings (SSSR count). The second-order valence-corrected chi connectivity index (χ2v) is 7.79. The number of aldehydes is 1. The van der Waals surface area contributed by atoms with Crippen LogP contribution >= 0.6 is 0 Å². The molecule has 0 saturated carbocycles. The number of anilines is 2. The molecule has 0 aliphatic heterocycles. The van der Waals surface area contributed by atoms with Gasteiger partial charge in [-0.15, -0.1) is 0 Å². The highest BCUT2D eigenvalue weighted by Crippen LogP contribution is 2.21. The first-order valence-electron chi connectivity index (χ1n) is 9.79. The number of hydrogen-bond acceptors (Lipinski definition) is 7. The van der Waals surface area contributed by atoms with Crippen LogP contribution in [0.2, 0.25) is 0 Å². The van der Waals surface area contributed by atoms with Crippen LogP contribution in [0.3, 0.4) is 0 Å². The van der Waals surface area contributed by atoms with E-state index in [1.165, 1.54) is 25.3 Å². The van der Waals surface area contributed by atoms with Crippen molar-refractivity contribution in [3.8, 4) is 0 Å². The summed E-state index contributed by atoms with van der Waals surface area (Å²) >= 11 is 0. The van der Waals surface area contributed by atoms with Gasteiger partial charge in [-0.3, -0.25) is 4.79 Å². The average Bonchev–Trinajstić information content (AvgIpc) is 2.66. The van der Waals surface area contributed by atoms with Gasteiger partial charge in [-0.25, -0.2) is 9.59 Å². The van der Waals surface area contributed by atoms with Crippen LogP contribution in [0.25, 0.3) is 0 Å². The number of nitrogens with two attached hydrogens (primary N) is 1. The SMILES string of the molecule is COC(=O)c1ccc(NC(=O)C(CCCCCC=O)NC(=O)OC(C)(C)C)c(N)c1. The van der Waals surface area contributed by atoms with Gasteiger partial charge in [0.05, 0.1) is 24.0 Å². The maximum Gasteiger partial charge on any atom is 0.408 e. The summed E-state index contributed by atoms with van der Waals surface area (Å²) < 4.78 is 9.88. The summed E-state index contributed by atoms with van der Waals surface area (Å²) in [5.41, 5.74) is 5.98. The molecule has 9 heteroatoms. The van der Waals surface area contributed by atoms with E-state index < -0.39 is 29.6 Å². The van der Waals surface area contributed by atoms with Crippen LogP contribution < -0.4 is 16.4 Å². The fourth-order valence-corrected chi connectivity index (χ4v) is 2.61. The third-order valence-electron chi connectivity index (χ3n) is 4.05. The number of hydrogen-bond donors (Lipinski definition) is 3. The van der Waals surface area contributed by atoms with E-state index in [0.29, 0.717) is 31.4 Å². The fraction of sp³-hybridized carbons (Fsp3) is 0.524. The number of nitrogens with one attached hydrogen (secondary N) is 2. The third-order valence-corrected chi connectivity index (χ3v) is 4.05. The summed E-state index contributed by atoms with van der Waals surface area (Å²) in [6.07, 6.45) is 3.07. The molecule has 1 unspecified atom stereocenters. The molecule has 4 N–H and O–H groups in total. The molecular weight excluding hydrogens is 390 g/mol. The Morgan fingerprint density at radius 2 is 1.87 bits per heavy atom. The van der Waals surface area contributed by atoms with E-state index in [0.717, 1.165) is 12.7 Å². The molecule has 30 heavy (non-hydrogen) atoms. The Morgan fingerprint density at radius 1 is 1.17 bits per heavy atom. The third kappa shape index (κ3) is 8.93. The van der Waals surface area contributed by atoms with Crippen LogP contribution in [0, 0.1) is 0 Å². The van der Waals surface area contributed by atoms with Crippen LogP contribution in [-0.4, -0.2) is 43.0 Å². The summed E-state index contributed by atoms with van der Waals surface area (Å²) in [5, 5.41) is 5.26. The van der Waals surface area contributed by atoms with Crippen molar-refractivity contribution in [3.63, 3.8) is 0 Å². The Bertz CT molecular complexity index is 758. The van der Waals surface area contributed by atoms with Crippen molar-refractivity contribution in [1.29, 1.82) is 0 Å². The quantitative estimate of drug-likeness (QED) is 0.228. The summed E-state index contributed by atoms with van der Waals surface area (Å²) in [7, 11) is 1.26. The molecule has 0 fully saturated rings. The van der Waals surface area contributed by atoms with Gasteiger partial charge in [-0.05, 0) is 51.8 Å². The van der Waals surface area contributed by atoms with E-state index >= 15 is 0 Å². The van der Waals surface area contributed by atoms with Gasteiger partial charge >= 0.3 is 12.1 Å². The Balaban J connectivity index is 2.85. The van der Waals surface area contributed by atoms with Crippen molar-refractivity contribution in [2.24, 2.45) is 0 Å². The number of unbranched alkanes of at least 4 members (excludes halogenated alkanes) is 3. The maximum absolute atomic E-state index is 12.8. The van der Waals surface area contributed by atoms with Gasteiger partial charge in [-0.1, -0.05) is 12.8 Å². The molecule has 0 aliphatic rings. The Kier molecular flexibility index (Phi) is 9.80. The number of benzene rings is 1. The summed E-state index contributed by atoms with van der Waals surface area (Å²) in [6, 6.07) is 3.52. The summed E-state index contributed by atoms with van der Waals surface area (Å²) in [4.78, 5) is 46.9. The van der Waals surface area contributed by atoms with Gasteiger partial charge in [0, 0.05) is 6.42 Å². The van der Waals surface area contributed by atoms with Gasteiger partial charge in [0.25, 0.3) is 0 Å². The van der Waals surface area contributed by atoms with Crippen molar-refractivity contribution < 1.29 is 28.7 Å². The van der Waals surface area contributed by atoms with E-state index in [1.54, 1.807) is 20.8 Å². The number of methoxy groups -OCH3 is 1. The molecule has 0 saturated heterocycles. The number of esters is 1. The Labute approximate surface area is 176 Å². The lowest BCUT2D eigenvalue weighted by Gasteiger charge is -2.23. The highest BCUT2D eigenvalue weighted by molar-refractivity contribution is 6.00. The Hall–Kier alpha value is -3.10. The molecule has 1 atom stereocenters. The predicted molar refractivity (Wildman–Crippen MR) is 113 cm³/mol. The molecular formula is C21H31N3O6. The minimum absolute atomic E-state index is 0.188. The summed E-state index contributed by atoms with van der Waals surface area (Å²) in [6.45, 7) is 5.18. The van der Waals surface area contributed by atoms with Crippen molar-refractivity contribution in [3.05, 3.63) is 23.8 Å². The lowest BCUT2D eigenvalue weighted by atomic mass is 10.1. The second-order valence-electron chi connectivity index (χ2n) is 7.79. The van der Waals surface area contributed by atoms with E-state index in [-0.39, 0.29) is 11.3 Å². The first kappa shape index (κ1) is 24.9. The van der Waals surface area contributed by atoms with Gasteiger partial charge in [0.1, 0.15) is 17.9 Å². The molecule has 166 valence electrons. The average molecular weight is 421 g/mol.